The van der Waals surface area contributed by atoms with E-state index in [1.165, 1.54) is 6.07 Å². The lowest BCUT2D eigenvalue weighted by Gasteiger charge is -2.22. The third-order valence-electron chi connectivity index (χ3n) is 20.6. The van der Waals surface area contributed by atoms with Gasteiger partial charge in [-0.2, -0.15) is 18.4 Å². The van der Waals surface area contributed by atoms with Crippen LogP contribution in [0, 0.1) is 11.3 Å². The second kappa shape index (κ2) is 29.0. The van der Waals surface area contributed by atoms with Gasteiger partial charge in [-0.25, -0.2) is 59.8 Å². The van der Waals surface area contributed by atoms with Crippen LogP contribution in [0.4, 0.5) is 13.2 Å². The van der Waals surface area contributed by atoms with Gasteiger partial charge in [0.1, 0.15) is 0 Å². The van der Waals surface area contributed by atoms with Gasteiger partial charge in [0.15, 0.2) is 69.9 Å². The van der Waals surface area contributed by atoms with Gasteiger partial charge in [-0.05, 0) is 54.1 Å². The van der Waals surface area contributed by atoms with Crippen molar-refractivity contribution < 1.29 is 13.2 Å². The predicted octanol–water partition coefficient (Wildman–Crippen LogP) is 23.2. The summed E-state index contributed by atoms with van der Waals surface area (Å²) in [5.74, 6) is 4.46. The van der Waals surface area contributed by atoms with E-state index in [1.807, 2.05) is 326 Å². The van der Waals surface area contributed by atoms with Gasteiger partial charge in [-0.3, -0.25) is 0 Å². The van der Waals surface area contributed by atoms with E-state index in [9.17, 15) is 5.26 Å². The Labute approximate surface area is 661 Å². The molecule has 0 N–H and O–H groups in total. The minimum absolute atomic E-state index is 0.114. The Morgan fingerprint density at radius 2 is 0.440 bits per heavy atom. The largest absolute Gasteiger partial charge is 0.418 e. The molecule has 546 valence electrons. The Bertz CT molecular complexity index is 6640. The Morgan fingerprint density at radius 3 is 0.672 bits per heavy atom. The molecule has 116 heavy (non-hydrogen) atoms. The molecule has 15 nitrogen and oxygen atoms in total. The molecule has 20 rings (SSSR count). The smallest absolute Gasteiger partial charge is 0.309 e. The van der Waals surface area contributed by atoms with Crippen molar-refractivity contribution in [2.24, 2.45) is 0 Å². The first-order valence-corrected chi connectivity index (χ1v) is 37.5. The summed E-state index contributed by atoms with van der Waals surface area (Å²) in [6.45, 7) is 0. The number of fused-ring (bicyclic) bond motifs is 6. The van der Waals surface area contributed by atoms with Gasteiger partial charge in [0.05, 0.1) is 50.6 Å². The highest BCUT2D eigenvalue weighted by Gasteiger charge is 2.38. The number of nitrogens with zero attached hydrogens (tertiary/aromatic N) is 15. The monoisotopic (exact) mass is 1500 g/mol. The SMILES string of the molecule is N#Cc1cccc(-c2cc(-n3c4cc(-c5nc(-c6ccccc6)nc(-c6ccccc6)n5)ccc4c4ccc(-c5nc(-c6ccccc6)nc(-c6ccccc6)n5)cc43)c(C(F)(F)F)cc2-n2c3cc(-c4nc(-c5ccccc5)nc(-c5ccccc5)n4)ccc3c3ccc(-c4nc(-c5ccccc5)nc(-c5ccccc5)n4)cc32)c1. The highest BCUT2D eigenvalue weighted by Crippen LogP contribution is 2.48. The molecule has 0 saturated carbocycles. The molecule has 0 fully saturated rings. The fraction of sp³-hybridized carbons (Fsp3) is 0.0102. The zero-order valence-electron chi connectivity index (χ0n) is 61.3. The average Bonchev–Trinajstić information content (AvgIpc) is 1.55. The molecule has 0 aliphatic heterocycles. The second-order valence-electron chi connectivity index (χ2n) is 27.8. The van der Waals surface area contributed by atoms with E-state index in [-0.39, 0.29) is 28.6 Å². The third-order valence-corrected chi connectivity index (χ3v) is 20.6. The van der Waals surface area contributed by atoms with E-state index in [1.54, 1.807) is 28.8 Å². The number of hydrogen-bond donors (Lipinski definition) is 0. The van der Waals surface area contributed by atoms with Crippen LogP contribution in [-0.2, 0) is 6.18 Å². The number of rotatable bonds is 15. The molecule has 0 spiro atoms. The molecule has 6 aromatic heterocycles. The molecule has 18 heteroatoms. The minimum atomic E-state index is -5.10. The summed E-state index contributed by atoms with van der Waals surface area (Å²) in [5.41, 5.74) is 9.68. The molecule has 6 heterocycles. The molecule has 20 aromatic rings. The first kappa shape index (κ1) is 69.2. The van der Waals surface area contributed by atoms with Gasteiger partial charge in [-0.1, -0.05) is 303 Å². The number of benzene rings is 14. The molecular weight excluding hydrogens is 1440 g/mol. The van der Waals surface area contributed by atoms with Gasteiger partial charge < -0.3 is 9.13 Å². The van der Waals surface area contributed by atoms with Crippen LogP contribution in [0.3, 0.4) is 0 Å². The fourth-order valence-electron chi connectivity index (χ4n) is 15.0. The van der Waals surface area contributed by atoms with E-state index < -0.39 is 11.7 Å². The summed E-state index contributed by atoms with van der Waals surface area (Å²) in [6, 6.07) is 112. The Hall–Kier alpha value is -16.0. The van der Waals surface area contributed by atoms with Crippen LogP contribution in [0.25, 0.3) is 203 Å². The number of alkyl halides is 3. The molecule has 0 atom stereocenters. The molecule has 0 radical (unpaired) electrons. The maximum Gasteiger partial charge on any atom is 0.418 e. The fourth-order valence-corrected chi connectivity index (χ4v) is 15.0. The standard InChI is InChI=1S/C98H58F3N15/c99-98(100,101)79-58-84(115-80-53-70(94-107-86(61-27-9-1-10-28-61)103-87(108-94)62-29-11-2-12-30-62)44-48-74(80)75-49-45-71(54-81(75)115)95-109-88(63-31-13-3-14-32-63)104-89(110-95)64-33-15-4-16-34-64)78(69-43-25-26-60(52-69)59-102)57-85(79)116-82-55-72(96-111-90(65-35-17-5-18-36-65)105-91(112-96)66-37-19-6-20-38-66)46-50-76(82)77-51-47-73(56-83(77)116)97-113-92(67-39-21-7-22-40-67)106-93(114-97)68-41-23-8-24-42-68/h1-58H. The van der Waals surface area contributed by atoms with Crippen molar-refractivity contribution in [2.75, 3.05) is 0 Å². The zero-order valence-corrected chi connectivity index (χ0v) is 61.3. The van der Waals surface area contributed by atoms with Gasteiger partial charge in [0.25, 0.3) is 0 Å². The van der Waals surface area contributed by atoms with Crippen LogP contribution in [0.15, 0.2) is 352 Å². The van der Waals surface area contributed by atoms with E-state index in [0.717, 1.165) is 44.5 Å². The summed E-state index contributed by atoms with van der Waals surface area (Å²) in [4.78, 5) is 61.3. The maximum absolute atomic E-state index is 18.0. The van der Waals surface area contributed by atoms with Gasteiger partial charge in [-0.15, -0.1) is 0 Å². The Kier molecular flexibility index (Phi) is 17.3. The third kappa shape index (κ3) is 13.0. The highest BCUT2D eigenvalue weighted by molar-refractivity contribution is 6.13. The minimum Gasteiger partial charge on any atom is -0.309 e. The van der Waals surface area contributed by atoms with Crippen LogP contribution in [0.2, 0.25) is 0 Å². The molecule has 0 unspecified atom stereocenters. The van der Waals surface area contributed by atoms with E-state index in [4.69, 9.17) is 59.8 Å². The lowest BCUT2D eigenvalue weighted by molar-refractivity contribution is -0.137. The van der Waals surface area contributed by atoms with Crippen molar-refractivity contribution in [1.82, 2.24) is 68.9 Å². The van der Waals surface area contributed by atoms with Crippen LogP contribution in [-0.4, -0.2) is 68.9 Å². The van der Waals surface area contributed by atoms with Crippen LogP contribution in [0.1, 0.15) is 11.1 Å². The molecule has 0 amide bonds. The van der Waals surface area contributed by atoms with Gasteiger partial charge in [0.2, 0.25) is 0 Å². The molecule has 0 bridgehead atoms. The Morgan fingerprint density at radius 1 is 0.216 bits per heavy atom. The van der Waals surface area contributed by atoms with Gasteiger partial charge >= 0.3 is 6.18 Å². The van der Waals surface area contributed by atoms with E-state index in [0.29, 0.717) is 135 Å². The normalized spacial score (nSPS) is 11.6. The molecule has 0 saturated heterocycles. The molecule has 0 aliphatic carbocycles. The van der Waals surface area contributed by atoms with Crippen molar-refractivity contribution >= 4 is 43.6 Å². The van der Waals surface area contributed by atoms with Crippen molar-refractivity contribution in [3.63, 3.8) is 0 Å². The first-order valence-electron chi connectivity index (χ1n) is 37.5. The van der Waals surface area contributed by atoms with Crippen LogP contribution in [0.5, 0.6) is 0 Å². The van der Waals surface area contributed by atoms with Crippen molar-refractivity contribution in [1.29, 1.82) is 5.26 Å². The van der Waals surface area contributed by atoms with E-state index >= 15 is 13.2 Å². The lowest BCUT2D eigenvalue weighted by atomic mass is 9.97. The summed E-state index contributed by atoms with van der Waals surface area (Å²) in [7, 11) is 0. The highest BCUT2D eigenvalue weighted by atomic mass is 19.4. The number of hydrogen-bond acceptors (Lipinski definition) is 13. The summed E-state index contributed by atoms with van der Waals surface area (Å²) in [6.07, 6.45) is -5.10. The second-order valence-corrected chi connectivity index (χ2v) is 27.8. The molecular formula is C98H58F3N15. The maximum atomic E-state index is 18.0. The Balaban J connectivity index is 0.889. The predicted molar refractivity (Wildman–Crippen MR) is 449 cm³/mol. The number of halogens is 3. The van der Waals surface area contributed by atoms with E-state index in [2.05, 4.69) is 6.07 Å². The quantitative estimate of drug-likeness (QED) is 0.0944. The first-order chi connectivity index (χ1) is 57.0. The molecule has 0 aliphatic rings. The summed E-state index contributed by atoms with van der Waals surface area (Å²) < 4.78 is 57.5. The van der Waals surface area contributed by atoms with Crippen molar-refractivity contribution in [2.45, 2.75) is 6.18 Å². The van der Waals surface area contributed by atoms with Crippen molar-refractivity contribution in [3.05, 3.63) is 363 Å². The van der Waals surface area contributed by atoms with Crippen LogP contribution >= 0.6 is 0 Å². The average molecular weight is 1500 g/mol. The topological polar surface area (TPSA) is 188 Å². The number of nitriles is 1. The number of aromatic nitrogens is 14. The van der Waals surface area contributed by atoms with Gasteiger partial charge in [0, 0.05) is 93.9 Å². The van der Waals surface area contributed by atoms with Crippen LogP contribution < -0.4 is 0 Å². The lowest BCUT2D eigenvalue weighted by Crippen LogP contribution is -2.13. The zero-order chi connectivity index (χ0) is 77.8. The summed E-state index contributed by atoms with van der Waals surface area (Å²) >= 11 is 0. The summed E-state index contributed by atoms with van der Waals surface area (Å²) in [5, 5.41) is 13.5. The molecule has 14 aromatic carbocycles. The van der Waals surface area contributed by atoms with Crippen molar-refractivity contribution in [3.8, 4) is 165 Å².